The van der Waals surface area contributed by atoms with Crippen molar-refractivity contribution in [2.24, 2.45) is 0 Å². The van der Waals surface area contributed by atoms with Crippen molar-refractivity contribution in [1.82, 2.24) is 10.3 Å². The minimum Gasteiger partial charge on any atom is -0.497 e. The Morgan fingerprint density at radius 1 is 1.26 bits per heavy atom. The fraction of sp³-hybridized carbons (Fsp3) is 0.500. The number of amides is 1. The van der Waals surface area contributed by atoms with E-state index in [4.69, 9.17) is 9.47 Å². The Bertz CT molecular complexity index is 770. The van der Waals surface area contributed by atoms with Gasteiger partial charge in [0, 0.05) is 34.0 Å². The summed E-state index contributed by atoms with van der Waals surface area (Å²) in [5, 5.41) is 5.89. The number of aromatic nitrogens is 1. The van der Waals surface area contributed by atoms with Crippen molar-refractivity contribution in [2.45, 2.75) is 54.7 Å². The second kappa shape index (κ2) is 9.46. The van der Waals surface area contributed by atoms with Crippen molar-refractivity contribution in [1.29, 1.82) is 0 Å². The first-order valence-corrected chi connectivity index (χ1v) is 10.9. The first kappa shape index (κ1) is 20.0. The molecular formula is C20H26N2O3S2. The van der Waals surface area contributed by atoms with Gasteiger partial charge in [-0.05, 0) is 38.7 Å². The number of methoxy groups -OCH3 is 2. The molecule has 3 rings (SSSR count). The summed E-state index contributed by atoms with van der Waals surface area (Å²) in [6, 6.07) is 5.82. The third-order valence-electron chi connectivity index (χ3n) is 4.75. The molecule has 1 N–H and O–H groups in total. The molecule has 1 heterocycles. The topological polar surface area (TPSA) is 60.5 Å². The summed E-state index contributed by atoms with van der Waals surface area (Å²) in [5.41, 5.74) is 1.97. The SMILES string of the molecule is COc1ccc(CC(=O)NC2CCC(Sc3nc(C)cs3)CC2)c(OC)c1. The number of nitrogens with one attached hydrogen (secondary N) is 1. The molecule has 1 aliphatic carbocycles. The third-order valence-corrected chi connectivity index (χ3v) is 7.18. The zero-order chi connectivity index (χ0) is 19.2. The number of carbonyl (C=O) groups excluding carboxylic acids is 1. The minimum absolute atomic E-state index is 0.0464. The Morgan fingerprint density at radius 3 is 2.67 bits per heavy atom. The van der Waals surface area contributed by atoms with Crippen LogP contribution in [0.1, 0.15) is 36.9 Å². The van der Waals surface area contributed by atoms with Gasteiger partial charge in [0.2, 0.25) is 5.91 Å². The van der Waals surface area contributed by atoms with E-state index in [1.54, 1.807) is 25.6 Å². The molecule has 1 saturated carbocycles. The lowest BCUT2D eigenvalue weighted by Gasteiger charge is -2.28. The molecule has 2 aromatic rings. The Kier molecular flexibility index (Phi) is 7.01. The average molecular weight is 407 g/mol. The number of ether oxygens (including phenoxy) is 2. The van der Waals surface area contributed by atoms with Crippen LogP contribution in [0.4, 0.5) is 0 Å². The molecule has 7 heteroatoms. The fourth-order valence-corrected chi connectivity index (χ4v) is 5.59. The second-order valence-corrected chi connectivity index (χ2v) is 9.17. The van der Waals surface area contributed by atoms with Crippen LogP contribution in [0.15, 0.2) is 27.9 Å². The van der Waals surface area contributed by atoms with Crippen molar-refractivity contribution in [3.8, 4) is 11.5 Å². The standard InChI is InChI=1S/C20H26N2O3S2/c1-13-12-26-20(21-13)27-17-8-5-15(6-9-17)22-19(23)10-14-4-7-16(24-2)11-18(14)25-3/h4,7,11-12,15,17H,5-6,8-10H2,1-3H3,(H,22,23). The number of thiazole rings is 1. The van der Waals surface area contributed by atoms with E-state index in [1.807, 2.05) is 36.9 Å². The number of nitrogens with zero attached hydrogens (tertiary/aromatic N) is 1. The summed E-state index contributed by atoms with van der Waals surface area (Å²) in [4.78, 5) is 17.0. The van der Waals surface area contributed by atoms with Crippen LogP contribution in [0, 0.1) is 6.92 Å². The molecule has 5 nitrogen and oxygen atoms in total. The van der Waals surface area contributed by atoms with E-state index in [2.05, 4.69) is 15.7 Å². The van der Waals surface area contributed by atoms with Crippen LogP contribution in [0.3, 0.4) is 0 Å². The van der Waals surface area contributed by atoms with E-state index >= 15 is 0 Å². The summed E-state index contributed by atoms with van der Waals surface area (Å²) in [7, 11) is 3.23. The molecule has 0 aliphatic heterocycles. The highest BCUT2D eigenvalue weighted by molar-refractivity contribution is 8.01. The summed E-state index contributed by atoms with van der Waals surface area (Å²) < 4.78 is 11.7. The second-order valence-electron chi connectivity index (χ2n) is 6.77. The first-order chi connectivity index (χ1) is 13.1. The normalized spacial score (nSPS) is 19.5. The number of hydrogen-bond donors (Lipinski definition) is 1. The van der Waals surface area contributed by atoms with Gasteiger partial charge >= 0.3 is 0 Å². The van der Waals surface area contributed by atoms with Gasteiger partial charge in [-0.3, -0.25) is 4.79 Å². The van der Waals surface area contributed by atoms with E-state index in [9.17, 15) is 4.79 Å². The van der Waals surface area contributed by atoms with Crippen LogP contribution in [0.2, 0.25) is 0 Å². The fourth-order valence-electron chi connectivity index (χ4n) is 3.30. The Balaban J connectivity index is 1.47. The van der Waals surface area contributed by atoms with E-state index in [1.165, 1.54) is 0 Å². The van der Waals surface area contributed by atoms with E-state index < -0.39 is 0 Å². The van der Waals surface area contributed by atoms with Gasteiger partial charge in [-0.2, -0.15) is 0 Å². The molecule has 0 radical (unpaired) electrons. The smallest absolute Gasteiger partial charge is 0.224 e. The average Bonchev–Trinajstić information content (AvgIpc) is 3.08. The molecule has 0 bridgehead atoms. The van der Waals surface area contributed by atoms with Crippen molar-refractivity contribution >= 4 is 29.0 Å². The van der Waals surface area contributed by atoms with Crippen LogP contribution >= 0.6 is 23.1 Å². The highest BCUT2D eigenvalue weighted by Crippen LogP contribution is 2.35. The van der Waals surface area contributed by atoms with Gasteiger partial charge in [0.05, 0.1) is 20.6 Å². The monoisotopic (exact) mass is 406 g/mol. The lowest BCUT2D eigenvalue weighted by atomic mass is 9.94. The molecule has 0 unspecified atom stereocenters. The van der Waals surface area contributed by atoms with Crippen LogP contribution < -0.4 is 14.8 Å². The molecule has 1 aliphatic rings. The molecule has 146 valence electrons. The van der Waals surface area contributed by atoms with Crippen LogP contribution in [-0.2, 0) is 11.2 Å². The predicted molar refractivity (Wildman–Crippen MR) is 110 cm³/mol. The maximum absolute atomic E-state index is 12.5. The molecule has 0 spiro atoms. The zero-order valence-corrected chi connectivity index (χ0v) is 17.6. The largest absolute Gasteiger partial charge is 0.497 e. The molecule has 1 aromatic heterocycles. The van der Waals surface area contributed by atoms with Crippen LogP contribution in [0.25, 0.3) is 0 Å². The molecule has 0 atom stereocenters. The quantitative estimate of drug-likeness (QED) is 0.746. The lowest BCUT2D eigenvalue weighted by Crippen LogP contribution is -2.38. The molecule has 1 fully saturated rings. The molecule has 27 heavy (non-hydrogen) atoms. The predicted octanol–water partition coefficient (Wildman–Crippen LogP) is 4.23. The number of carbonyl (C=O) groups is 1. The van der Waals surface area contributed by atoms with E-state index in [0.717, 1.165) is 47.0 Å². The van der Waals surface area contributed by atoms with Crippen molar-refractivity contribution in [2.75, 3.05) is 14.2 Å². The number of benzene rings is 1. The lowest BCUT2D eigenvalue weighted by molar-refractivity contribution is -0.121. The number of aryl methyl sites for hydroxylation is 1. The number of rotatable bonds is 7. The first-order valence-electron chi connectivity index (χ1n) is 9.16. The minimum atomic E-state index is 0.0464. The van der Waals surface area contributed by atoms with Gasteiger partial charge in [-0.15, -0.1) is 11.3 Å². The van der Waals surface area contributed by atoms with Gasteiger partial charge in [0.25, 0.3) is 0 Å². The highest BCUT2D eigenvalue weighted by Gasteiger charge is 2.24. The van der Waals surface area contributed by atoms with Crippen LogP contribution in [0.5, 0.6) is 11.5 Å². The van der Waals surface area contributed by atoms with Gasteiger partial charge in [-0.1, -0.05) is 17.8 Å². The van der Waals surface area contributed by atoms with Crippen molar-refractivity contribution in [3.05, 3.63) is 34.8 Å². The van der Waals surface area contributed by atoms with Crippen LogP contribution in [-0.4, -0.2) is 36.4 Å². The van der Waals surface area contributed by atoms with E-state index in [-0.39, 0.29) is 11.9 Å². The van der Waals surface area contributed by atoms with E-state index in [0.29, 0.717) is 17.4 Å². The number of hydrogen-bond acceptors (Lipinski definition) is 6. The molecular weight excluding hydrogens is 380 g/mol. The molecule has 1 aromatic carbocycles. The summed E-state index contributed by atoms with van der Waals surface area (Å²) in [6.07, 6.45) is 4.58. The summed E-state index contributed by atoms with van der Waals surface area (Å²) in [6.45, 7) is 2.03. The highest BCUT2D eigenvalue weighted by atomic mass is 32.2. The van der Waals surface area contributed by atoms with Gasteiger partial charge in [-0.25, -0.2) is 4.98 Å². The van der Waals surface area contributed by atoms with Gasteiger partial charge in [0.15, 0.2) is 0 Å². The Morgan fingerprint density at radius 2 is 2.04 bits per heavy atom. The zero-order valence-electron chi connectivity index (χ0n) is 16.0. The maximum atomic E-state index is 12.5. The summed E-state index contributed by atoms with van der Waals surface area (Å²) in [5.74, 6) is 1.45. The van der Waals surface area contributed by atoms with Gasteiger partial charge in [0.1, 0.15) is 15.8 Å². The summed E-state index contributed by atoms with van der Waals surface area (Å²) >= 11 is 3.61. The maximum Gasteiger partial charge on any atom is 0.224 e. The third kappa shape index (κ3) is 5.62. The van der Waals surface area contributed by atoms with Crippen molar-refractivity contribution in [3.63, 3.8) is 0 Å². The van der Waals surface area contributed by atoms with Gasteiger partial charge < -0.3 is 14.8 Å². The molecule has 0 saturated heterocycles. The Labute approximate surface area is 168 Å². The Hall–Kier alpha value is -1.73. The van der Waals surface area contributed by atoms with Crippen molar-refractivity contribution < 1.29 is 14.3 Å². The number of thioether (sulfide) groups is 1. The molecule has 1 amide bonds.